The molecule has 0 amide bonds. The minimum Gasteiger partial charge on any atom is -0.490 e. The quantitative estimate of drug-likeness (QED) is 0.721. The van der Waals surface area contributed by atoms with Crippen molar-refractivity contribution in [2.45, 2.75) is 39.8 Å². The highest BCUT2D eigenvalue weighted by Gasteiger charge is 2.12. The van der Waals surface area contributed by atoms with E-state index in [2.05, 4.69) is 28.2 Å². The Bertz CT molecular complexity index is 410. The molecule has 2 N–H and O–H groups in total. The molecule has 20 heavy (non-hydrogen) atoms. The molecule has 0 radical (unpaired) electrons. The van der Waals surface area contributed by atoms with E-state index in [-0.39, 0.29) is 6.10 Å². The van der Waals surface area contributed by atoms with Crippen LogP contribution in [0.3, 0.4) is 0 Å². The molecule has 0 aliphatic carbocycles. The Morgan fingerprint density at radius 2 is 2.05 bits per heavy atom. The molecule has 0 saturated heterocycles. The first kappa shape index (κ1) is 17.3. The van der Waals surface area contributed by atoms with Gasteiger partial charge in [-0.3, -0.25) is 0 Å². The number of benzene rings is 1. The van der Waals surface area contributed by atoms with Crippen LogP contribution in [0.4, 0.5) is 0 Å². The van der Waals surface area contributed by atoms with Crippen LogP contribution in [0.1, 0.15) is 32.8 Å². The van der Waals surface area contributed by atoms with E-state index >= 15 is 0 Å². The molecule has 0 fully saturated rings. The van der Waals surface area contributed by atoms with Gasteiger partial charge in [-0.1, -0.05) is 6.92 Å². The summed E-state index contributed by atoms with van der Waals surface area (Å²) in [4.78, 5) is 0. The zero-order valence-electron chi connectivity index (χ0n) is 12.4. The lowest BCUT2D eigenvalue weighted by Crippen LogP contribution is -2.23. The van der Waals surface area contributed by atoms with Crippen molar-refractivity contribution in [1.82, 2.24) is 5.32 Å². The van der Waals surface area contributed by atoms with Crippen molar-refractivity contribution in [3.05, 3.63) is 22.2 Å². The topological polar surface area (TPSA) is 50.7 Å². The lowest BCUT2D eigenvalue weighted by molar-refractivity contribution is 0.191. The third-order valence-corrected chi connectivity index (χ3v) is 3.18. The van der Waals surface area contributed by atoms with Crippen LogP contribution in [0, 0.1) is 0 Å². The largest absolute Gasteiger partial charge is 0.490 e. The molecular weight excluding hydrogens is 322 g/mol. The van der Waals surface area contributed by atoms with Gasteiger partial charge < -0.3 is 19.9 Å². The lowest BCUT2D eigenvalue weighted by atomic mass is 10.2. The average molecular weight is 346 g/mol. The van der Waals surface area contributed by atoms with Gasteiger partial charge in [0.15, 0.2) is 11.5 Å². The van der Waals surface area contributed by atoms with E-state index in [9.17, 15) is 5.11 Å². The molecule has 1 aromatic rings. The highest BCUT2D eigenvalue weighted by atomic mass is 79.9. The molecule has 0 spiro atoms. The Morgan fingerprint density at radius 1 is 1.30 bits per heavy atom. The fourth-order valence-electron chi connectivity index (χ4n) is 1.76. The van der Waals surface area contributed by atoms with Gasteiger partial charge in [-0.2, -0.15) is 0 Å². The smallest absolute Gasteiger partial charge is 0.175 e. The van der Waals surface area contributed by atoms with Gasteiger partial charge in [-0.05, 0) is 53.9 Å². The Morgan fingerprint density at radius 3 is 2.65 bits per heavy atom. The van der Waals surface area contributed by atoms with E-state index in [0.29, 0.717) is 26.3 Å². The molecule has 0 unspecified atom stereocenters. The second-order valence-corrected chi connectivity index (χ2v) is 5.52. The number of halogens is 1. The number of ether oxygens (including phenoxy) is 2. The van der Waals surface area contributed by atoms with Crippen molar-refractivity contribution >= 4 is 15.9 Å². The molecular formula is C15H24BrNO3. The SMILES string of the molecule is CCCOc1c(Br)cc(CNC[C@@H](C)O)cc1OCC. The van der Waals surface area contributed by atoms with Gasteiger partial charge in [0.1, 0.15) is 0 Å². The van der Waals surface area contributed by atoms with E-state index < -0.39 is 0 Å². The van der Waals surface area contributed by atoms with Crippen LogP contribution < -0.4 is 14.8 Å². The van der Waals surface area contributed by atoms with Crippen molar-refractivity contribution in [3.8, 4) is 11.5 Å². The van der Waals surface area contributed by atoms with Crippen LogP contribution in [0.15, 0.2) is 16.6 Å². The molecule has 5 heteroatoms. The van der Waals surface area contributed by atoms with Crippen molar-refractivity contribution in [3.63, 3.8) is 0 Å². The molecule has 0 aliphatic heterocycles. The monoisotopic (exact) mass is 345 g/mol. The predicted octanol–water partition coefficient (Wildman–Crippen LogP) is 3.11. The average Bonchev–Trinajstić information content (AvgIpc) is 2.38. The van der Waals surface area contributed by atoms with Crippen LogP contribution >= 0.6 is 15.9 Å². The minimum absolute atomic E-state index is 0.350. The summed E-state index contributed by atoms with van der Waals surface area (Å²) >= 11 is 3.54. The summed E-state index contributed by atoms with van der Waals surface area (Å²) in [5, 5.41) is 12.4. The van der Waals surface area contributed by atoms with Gasteiger partial charge in [0.2, 0.25) is 0 Å². The number of aliphatic hydroxyl groups is 1. The normalized spacial score (nSPS) is 12.2. The second-order valence-electron chi connectivity index (χ2n) is 4.67. The van der Waals surface area contributed by atoms with E-state index in [1.165, 1.54) is 0 Å². The fourth-order valence-corrected chi connectivity index (χ4v) is 2.36. The van der Waals surface area contributed by atoms with Gasteiger partial charge >= 0.3 is 0 Å². The summed E-state index contributed by atoms with van der Waals surface area (Å²) in [5.74, 6) is 1.51. The number of aliphatic hydroxyl groups excluding tert-OH is 1. The van der Waals surface area contributed by atoms with E-state index in [1.807, 2.05) is 19.1 Å². The number of hydrogen-bond acceptors (Lipinski definition) is 4. The third-order valence-electron chi connectivity index (χ3n) is 2.59. The van der Waals surface area contributed by atoms with Crippen LogP contribution in [0.2, 0.25) is 0 Å². The maximum atomic E-state index is 9.25. The molecule has 0 aromatic heterocycles. The van der Waals surface area contributed by atoms with Crippen LogP contribution in [-0.2, 0) is 6.54 Å². The van der Waals surface area contributed by atoms with Gasteiger partial charge in [-0.25, -0.2) is 0 Å². The van der Waals surface area contributed by atoms with E-state index in [0.717, 1.165) is 28.0 Å². The molecule has 0 aliphatic rings. The maximum absolute atomic E-state index is 9.25. The number of rotatable bonds is 9. The molecule has 114 valence electrons. The van der Waals surface area contributed by atoms with Crippen molar-refractivity contribution in [2.75, 3.05) is 19.8 Å². The molecule has 1 atom stereocenters. The lowest BCUT2D eigenvalue weighted by Gasteiger charge is -2.15. The van der Waals surface area contributed by atoms with Gasteiger partial charge in [0, 0.05) is 13.1 Å². The second kappa shape index (κ2) is 9.21. The fraction of sp³-hybridized carbons (Fsp3) is 0.600. The highest BCUT2D eigenvalue weighted by Crippen LogP contribution is 2.37. The van der Waals surface area contributed by atoms with E-state index in [1.54, 1.807) is 6.92 Å². The maximum Gasteiger partial charge on any atom is 0.175 e. The Labute approximate surface area is 129 Å². The summed E-state index contributed by atoms with van der Waals surface area (Å²) in [7, 11) is 0. The summed E-state index contributed by atoms with van der Waals surface area (Å²) < 4.78 is 12.3. The van der Waals surface area contributed by atoms with Gasteiger partial charge in [-0.15, -0.1) is 0 Å². The van der Waals surface area contributed by atoms with Crippen LogP contribution in [0.25, 0.3) is 0 Å². The standard InChI is InChI=1S/C15H24BrNO3/c1-4-6-20-15-13(16)7-12(8-14(15)19-5-2)10-17-9-11(3)18/h7-8,11,17-18H,4-6,9-10H2,1-3H3/t11-/m1/s1. The van der Waals surface area contributed by atoms with E-state index in [4.69, 9.17) is 9.47 Å². The Kier molecular flexibility index (Phi) is 7.95. The zero-order chi connectivity index (χ0) is 15.0. The summed E-state index contributed by atoms with van der Waals surface area (Å²) in [6, 6.07) is 4.00. The summed E-state index contributed by atoms with van der Waals surface area (Å²) in [6.45, 7) is 8.29. The Balaban J connectivity index is 2.82. The summed E-state index contributed by atoms with van der Waals surface area (Å²) in [6.07, 6.45) is 0.604. The zero-order valence-corrected chi connectivity index (χ0v) is 14.0. The minimum atomic E-state index is -0.350. The van der Waals surface area contributed by atoms with Gasteiger partial charge in [0.25, 0.3) is 0 Å². The molecule has 0 saturated carbocycles. The first-order valence-electron chi connectivity index (χ1n) is 7.05. The molecule has 0 bridgehead atoms. The molecule has 0 heterocycles. The third kappa shape index (κ3) is 5.69. The van der Waals surface area contributed by atoms with Gasteiger partial charge in [0.05, 0.1) is 23.8 Å². The first-order valence-corrected chi connectivity index (χ1v) is 7.84. The van der Waals surface area contributed by atoms with Crippen LogP contribution in [0.5, 0.6) is 11.5 Å². The number of hydrogen-bond donors (Lipinski definition) is 2. The molecule has 1 aromatic carbocycles. The predicted molar refractivity (Wildman–Crippen MR) is 84.5 cm³/mol. The van der Waals surface area contributed by atoms with Crippen molar-refractivity contribution in [2.24, 2.45) is 0 Å². The first-order chi connectivity index (χ1) is 9.58. The molecule has 4 nitrogen and oxygen atoms in total. The van der Waals surface area contributed by atoms with Crippen molar-refractivity contribution in [1.29, 1.82) is 0 Å². The number of nitrogens with one attached hydrogen (secondary N) is 1. The summed E-state index contributed by atoms with van der Waals surface area (Å²) in [5.41, 5.74) is 1.09. The van der Waals surface area contributed by atoms with Crippen molar-refractivity contribution < 1.29 is 14.6 Å². The van der Waals surface area contributed by atoms with Crippen LogP contribution in [-0.4, -0.2) is 31.0 Å². The highest BCUT2D eigenvalue weighted by molar-refractivity contribution is 9.10. The Hall–Kier alpha value is -0.780. The molecule has 1 rings (SSSR count).